The van der Waals surface area contributed by atoms with Gasteiger partial charge in [-0.15, -0.1) is 11.3 Å². The monoisotopic (exact) mass is 290 g/mol. The molecule has 3 rings (SSSR count). The van der Waals surface area contributed by atoms with Crippen LogP contribution in [0.4, 0.5) is 14.5 Å². The molecule has 0 bridgehead atoms. The molecule has 0 aliphatic heterocycles. The van der Waals surface area contributed by atoms with Crippen LogP contribution in [-0.4, -0.2) is 4.98 Å². The number of hydrogen-bond donors (Lipinski definition) is 1. The lowest BCUT2D eigenvalue weighted by Gasteiger charge is -2.08. The van der Waals surface area contributed by atoms with Crippen molar-refractivity contribution in [1.29, 1.82) is 0 Å². The van der Waals surface area contributed by atoms with Crippen LogP contribution in [0.3, 0.4) is 0 Å². The number of thiazole rings is 1. The van der Waals surface area contributed by atoms with E-state index in [1.165, 1.54) is 12.1 Å². The normalized spacial score (nSPS) is 11.2. The summed E-state index contributed by atoms with van der Waals surface area (Å²) in [7, 11) is 0. The number of rotatable bonds is 4. The average molecular weight is 290 g/mol. The summed E-state index contributed by atoms with van der Waals surface area (Å²) in [6.07, 6.45) is -2.43. The highest BCUT2D eigenvalue weighted by atomic mass is 32.1. The molecule has 5 heteroatoms. The van der Waals surface area contributed by atoms with Crippen molar-refractivity contribution in [2.75, 3.05) is 5.32 Å². The number of aromatic nitrogens is 1. The van der Waals surface area contributed by atoms with E-state index in [4.69, 9.17) is 0 Å². The molecule has 0 unspecified atom stereocenters. The Morgan fingerprint density at radius 3 is 2.90 bits per heavy atom. The van der Waals surface area contributed by atoms with Crippen LogP contribution < -0.4 is 5.32 Å². The van der Waals surface area contributed by atoms with Gasteiger partial charge in [0, 0.05) is 17.8 Å². The number of halogens is 2. The van der Waals surface area contributed by atoms with Crippen LogP contribution >= 0.6 is 11.3 Å². The molecule has 0 atom stereocenters. The number of nitrogens with zero attached hydrogens (tertiary/aromatic N) is 1. The van der Waals surface area contributed by atoms with Gasteiger partial charge < -0.3 is 5.32 Å². The fourth-order valence-electron chi connectivity index (χ4n) is 2.01. The van der Waals surface area contributed by atoms with E-state index in [9.17, 15) is 8.78 Å². The van der Waals surface area contributed by atoms with Gasteiger partial charge in [-0.2, -0.15) is 0 Å². The Kier molecular flexibility index (Phi) is 3.60. The number of nitrogens with one attached hydrogen (secondary N) is 1. The van der Waals surface area contributed by atoms with Crippen LogP contribution in [0.25, 0.3) is 10.2 Å². The molecule has 0 saturated heterocycles. The van der Waals surface area contributed by atoms with E-state index < -0.39 is 6.43 Å². The second-order valence-electron chi connectivity index (χ2n) is 4.43. The fourth-order valence-corrected chi connectivity index (χ4v) is 2.72. The first-order chi connectivity index (χ1) is 9.72. The maximum atomic E-state index is 12.6. The molecule has 0 aliphatic carbocycles. The van der Waals surface area contributed by atoms with E-state index in [0.717, 1.165) is 21.5 Å². The third-order valence-electron chi connectivity index (χ3n) is 3.03. The standard InChI is InChI=1S/C15H12F2N2S/c16-15(17)11-3-1-2-10(6-11)8-18-12-4-5-13-14(7-12)20-9-19-13/h1-7,9,15,18H,8H2. The lowest BCUT2D eigenvalue weighted by atomic mass is 10.1. The largest absolute Gasteiger partial charge is 0.381 e. The molecule has 20 heavy (non-hydrogen) atoms. The van der Waals surface area contributed by atoms with E-state index in [1.54, 1.807) is 22.9 Å². The van der Waals surface area contributed by atoms with Gasteiger partial charge in [-0.25, -0.2) is 13.8 Å². The summed E-state index contributed by atoms with van der Waals surface area (Å²) < 4.78 is 26.4. The summed E-state index contributed by atoms with van der Waals surface area (Å²) in [5, 5.41) is 3.24. The van der Waals surface area contributed by atoms with Crippen molar-refractivity contribution in [3.8, 4) is 0 Å². The summed E-state index contributed by atoms with van der Waals surface area (Å²) in [5.41, 5.74) is 4.64. The van der Waals surface area contributed by atoms with Crippen LogP contribution in [0.5, 0.6) is 0 Å². The molecule has 1 heterocycles. The molecule has 0 spiro atoms. The van der Waals surface area contributed by atoms with Crippen molar-refractivity contribution in [3.05, 3.63) is 59.1 Å². The second-order valence-corrected chi connectivity index (χ2v) is 5.32. The molecule has 0 radical (unpaired) electrons. The van der Waals surface area contributed by atoms with Gasteiger partial charge in [-0.05, 0) is 29.8 Å². The minimum atomic E-state index is -2.43. The minimum Gasteiger partial charge on any atom is -0.381 e. The topological polar surface area (TPSA) is 24.9 Å². The van der Waals surface area contributed by atoms with Crippen LogP contribution in [0.15, 0.2) is 48.0 Å². The average Bonchev–Trinajstić information content (AvgIpc) is 2.93. The molecule has 1 aromatic heterocycles. The molecule has 0 aliphatic rings. The Labute approximate surface area is 119 Å². The molecule has 2 aromatic carbocycles. The number of alkyl halides is 2. The fraction of sp³-hybridized carbons (Fsp3) is 0.133. The predicted octanol–water partition coefficient (Wildman–Crippen LogP) is 4.85. The third-order valence-corrected chi connectivity index (χ3v) is 3.82. The first kappa shape index (κ1) is 13.0. The van der Waals surface area contributed by atoms with E-state index in [1.807, 2.05) is 24.3 Å². The summed E-state index contributed by atoms with van der Waals surface area (Å²) in [6.45, 7) is 0.519. The Balaban J connectivity index is 1.73. The van der Waals surface area contributed by atoms with E-state index in [-0.39, 0.29) is 5.56 Å². The summed E-state index contributed by atoms with van der Waals surface area (Å²) in [5.74, 6) is 0. The van der Waals surface area contributed by atoms with Crippen molar-refractivity contribution in [3.63, 3.8) is 0 Å². The third kappa shape index (κ3) is 2.77. The molecule has 102 valence electrons. The van der Waals surface area contributed by atoms with Gasteiger partial charge in [0.1, 0.15) is 0 Å². The highest BCUT2D eigenvalue weighted by molar-refractivity contribution is 7.16. The Bertz CT molecular complexity index is 724. The predicted molar refractivity (Wildman–Crippen MR) is 78.3 cm³/mol. The lowest BCUT2D eigenvalue weighted by molar-refractivity contribution is 0.151. The number of benzene rings is 2. The first-order valence-electron chi connectivity index (χ1n) is 6.16. The van der Waals surface area contributed by atoms with Crippen LogP contribution in [0.2, 0.25) is 0 Å². The quantitative estimate of drug-likeness (QED) is 0.743. The van der Waals surface area contributed by atoms with Crippen LogP contribution in [0, 0.1) is 0 Å². The van der Waals surface area contributed by atoms with Crippen molar-refractivity contribution in [2.24, 2.45) is 0 Å². The van der Waals surface area contributed by atoms with Gasteiger partial charge in [0.05, 0.1) is 15.7 Å². The summed E-state index contributed by atoms with van der Waals surface area (Å²) in [4.78, 5) is 4.22. The van der Waals surface area contributed by atoms with Crippen molar-refractivity contribution >= 4 is 27.2 Å². The van der Waals surface area contributed by atoms with Crippen LogP contribution in [0.1, 0.15) is 17.6 Å². The van der Waals surface area contributed by atoms with Gasteiger partial charge in [0.15, 0.2) is 0 Å². The zero-order valence-electron chi connectivity index (χ0n) is 10.5. The van der Waals surface area contributed by atoms with E-state index in [0.29, 0.717) is 6.54 Å². The van der Waals surface area contributed by atoms with Gasteiger partial charge >= 0.3 is 0 Å². The Morgan fingerprint density at radius 2 is 2.05 bits per heavy atom. The number of hydrogen-bond acceptors (Lipinski definition) is 3. The summed E-state index contributed by atoms with van der Waals surface area (Å²) in [6, 6.07) is 12.4. The molecule has 3 aromatic rings. The van der Waals surface area contributed by atoms with E-state index in [2.05, 4.69) is 10.3 Å². The Hall–Kier alpha value is -2.01. The van der Waals surface area contributed by atoms with Gasteiger partial charge in [-0.3, -0.25) is 0 Å². The van der Waals surface area contributed by atoms with E-state index >= 15 is 0 Å². The molecule has 0 saturated carbocycles. The maximum Gasteiger partial charge on any atom is 0.263 e. The summed E-state index contributed by atoms with van der Waals surface area (Å²) >= 11 is 1.58. The molecule has 1 N–H and O–H groups in total. The molecule has 0 amide bonds. The van der Waals surface area contributed by atoms with Crippen LogP contribution in [-0.2, 0) is 6.54 Å². The molecule has 2 nitrogen and oxygen atoms in total. The zero-order valence-corrected chi connectivity index (χ0v) is 11.3. The smallest absolute Gasteiger partial charge is 0.263 e. The highest BCUT2D eigenvalue weighted by Crippen LogP contribution is 2.23. The van der Waals surface area contributed by atoms with Crippen molar-refractivity contribution in [2.45, 2.75) is 13.0 Å². The van der Waals surface area contributed by atoms with Crippen molar-refractivity contribution in [1.82, 2.24) is 4.98 Å². The SMILES string of the molecule is FC(F)c1cccc(CNc2ccc3ncsc3c2)c1. The number of fused-ring (bicyclic) bond motifs is 1. The highest BCUT2D eigenvalue weighted by Gasteiger charge is 2.07. The maximum absolute atomic E-state index is 12.6. The molecular formula is C15H12F2N2S. The minimum absolute atomic E-state index is 0.0576. The molecular weight excluding hydrogens is 278 g/mol. The number of anilines is 1. The van der Waals surface area contributed by atoms with Gasteiger partial charge in [0.25, 0.3) is 6.43 Å². The first-order valence-corrected chi connectivity index (χ1v) is 7.04. The van der Waals surface area contributed by atoms with Crippen molar-refractivity contribution < 1.29 is 8.78 Å². The van der Waals surface area contributed by atoms with Gasteiger partial charge in [-0.1, -0.05) is 18.2 Å². The lowest BCUT2D eigenvalue weighted by Crippen LogP contribution is -2.00. The zero-order chi connectivity index (χ0) is 13.9. The van der Waals surface area contributed by atoms with Gasteiger partial charge in [0.2, 0.25) is 0 Å². The second kappa shape index (κ2) is 5.54. The Morgan fingerprint density at radius 1 is 1.15 bits per heavy atom. The molecule has 0 fully saturated rings.